The number of nitrogens with two attached hydrogens (primary N) is 1. The normalized spacial score (nSPS) is 11.2. The van der Waals surface area contributed by atoms with Crippen LogP contribution < -0.4 is 5.73 Å². The molecule has 2 aromatic rings. The van der Waals surface area contributed by atoms with Gasteiger partial charge in [0.1, 0.15) is 11.6 Å². The van der Waals surface area contributed by atoms with Gasteiger partial charge in [0.05, 0.1) is 11.0 Å². The highest BCUT2D eigenvalue weighted by Gasteiger charge is 2.16. The Labute approximate surface area is 113 Å². The molecular weight excluding hydrogens is 299 g/mol. The van der Waals surface area contributed by atoms with Crippen LogP contribution in [0.15, 0.2) is 22.7 Å². The summed E-state index contributed by atoms with van der Waals surface area (Å²) in [5, 5.41) is 8.20. The Hall–Kier alpha value is -1.27. The van der Waals surface area contributed by atoms with Crippen LogP contribution in [0.1, 0.15) is 25.7 Å². The molecule has 0 fully saturated rings. The summed E-state index contributed by atoms with van der Waals surface area (Å²) in [6.07, 6.45) is 0. The smallest absolute Gasteiger partial charge is 0.164 e. The van der Waals surface area contributed by atoms with Crippen molar-refractivity contribution < 1.29 is 4.39 Å². The summed E-state index contributed by atoms with van der Waals surface area (Å²) >= 11 is 3.17. The van der Waals surface area contributed by atoms with E-state index < -0.39 is 0 Å². The van der Waals surface area contributed by atoms with Crippen molar-refractivity contribution in [3.05, 3.63) is 34.3 Å². The van der Waals surface area contributed by atoms with Gasteiger partial charge in [-0.15, -0.1) is 10.2 Å². The SMILES string of the molecule is CC(C)n1c(CN)nnc1-c1ccc(F)c(Br)c1. The van der Waals surface area contributed by atoms with E-state index in [1.807, 2.05) is 18.4 Å². The molecule has 2 rings (SSSR count). The number of aromatic nitrogens is 3. The highest BCUT2D eigenvalue weighted by molar-refractivity contribution is 9.10. The fourth-order valence-corrected chi connectivity index (χ4v) is 2.22. The third-order valence-corrected chi connectivity index (χ3v) is 3.25. The lowest BCUT2D eigenvalue weighted by atomic mass is 10.2. The minimum atomic E-state index is -0.298. The van der Waals surface area contributed by atoms with E-state index in [4.69, 9.17) is 5.73 Å². The molecule has 0 aliphatic carbocycles. The van der Waals surface area contributed by atoms with Crippen molar-refractivity contribution in [2.24, 2.45) is 5.73 Å². The van der Waals surface area contributed by atoms with Crippen LogP contribution in [-0.4, -0.2) is 14.8 Å². The largest absolute Gasteiger partial charge is 0.324 e. The summed E-state index contributed by atoms with van der Waals surface area (Å²) in [6.45, 7) is 4.39. The third-order valence-electron chi connectivity index (χ3n) is 2.64. The lowest BCUT2D eigenvalue weighted by Gasteiger charge is -2.13. The molecule has 1 aromatic heterocycles. The molecule has 0 bridgehead atoms. The van der Waals surface area contributed by atoms with E-state index in [-0.39, 0.29) is 11.9 Å². The van der Waals surface area contributed by atoms with Crippen molar-refractivity contribution in [2.45, 2.75) is 26.4 Å². The minimum Gasteiger partial charge on any atom is -0.324 e. The van der Waals surface area contributed by atoms with Crippen molar-refractivity contribution in [2.75, 3.05) is 0 Å². The van der Waals surface area contributed by atoms with Gasteiger partial charge in [-0.3, -0.25) is 0 Å². The molecule has 96 valence electrons. The second kappa shape index (κ2) is 5.16. The van der Waals surface area contributed by atoms with Gasteiger partial charge in [0.15, 0.2) is 5.82 Å². The van der Waals surface area contributed by atoms with Crippen molar-refractivity contribution in [1.82, 2.24) is 14.8 Å². The zero-order valence-corrected chi connectivity index (χ0v) is 11.8. The Bertz CT molecular complexity index is 565. The molecule has 0 spiro atoms. The zero-order valence-electron chi connectivity index (χ0n) is 10.2. The highest BCUT2D eigenvalue weighted by atomic mass is 79.9. The van der Waals surface area contributed by atoms with Crippen LogP contribution in [0.25, 0.3) is 11.4 Å². The maximum absolute atomic E-state index is 13.2. The van der Waals surface area contributed by atoms with Crippen LogP contribution in [0.5, 0.6) is 0 Å². The molecular formula is C12H14BrFN4. The van der Waals surface area contributed by atoms with Gasteiger partial charge in [0, 0.05) is 11.6 Å². The fourth-order valence-electron chi connectivity index (χ4n) is 1.84. The molecule has 0 saturated heterocycles. The van der Waals surface area contributed by atoms with E-state index in [0.29, 0.717) is 16.8 Å². The monoisotopic (exact) mass is 312 g/mol. The minimum absolute atomic E-state index is 0.192. The third kappa shape index (κ3) is 2.30. The van der Waals surface area contributed by atoms with E-state index in [9.17, 15) is 4.39 Å². The molecule has 0 atom stereocenters. The summed E-state index contributed by atoms with van der Waals surface area (Å²) in [5.74, 6) is 1.13. The number of nitrogens with zero attached hydrogens (tertiary/aromatic N) is 3. The maximum Gasteiger partial charge on any atom is 0.164 e. The first-order valence-corrected chi connectivity index (χ1v) is 6.43. The van der Waals surface area contributed by atoms with Gasteiger partial charge >= 0.3 is 0 Å². The van der Waals surface area contributed by atoms with Gasteiger partial charge in [-0.05, 0) is 48.0 Å². The number of rotatable bonds is 3. The maximum atomic E-state index is 13.2. The molecule has 0 aliphatic heterocycles. The lowest BCUT2D eigenvalue weighted by molar-refractivity contribution is 0.574. The second-order valence-corrected chi connectivity index (χ2v) is 5.09. The van der Waals surface area contributed by atoms with E-state index in [1.165, 1.54) is 6.07 Å². The van der Waals surface area contributed by atoms with Crippen molar-refractivity contribution in [3.8, 4) is 11.4 Å². The predicted octanol–water partition coefficient (Wildman–Crippen LogP) is 2.89. The first-order valence-electron chi connectivity index (χ1n) is 5.64. The van der Waals surface area contributed by atoms with Crippen LogP contribution in [0.3, 0.4) is 0 Å². The van der Waals surface area contributed by atoms with Gasteiger partial charge in [-0.1, -0.05) is 0 Å². The van der Waals surface area contributed by atoms with Gasteiger partial charge in [0.2, 0.25) is 0 Å². The molecule has 0 unspecified atom stereocenters. The summed E-state index contributed by atoms with van der Waals surface area (Å²) in [6, 6.07) is 4.97. The number of hydrogen-bond acceptors (Lipinski definition) is 3. The first kappa shape index (κ1) is 13.2. The Morgan fingerprint density at radius 1 is 1.39 bits per heavy atom. The Balaban J connectivity index is 2.56. The molecule has 1 aromatic carbocycles. The van der Waals surface area contributed by atoms with Gasteiger partial charge in [0.25, 0.3) is 0 Å². The van der Waals surface area contributed by atoms with E-state index in [2.05, 4.69) is 26.1 Å². The average molecular weight is 313 g/mol. The van der Waals surface area contributed by atoms with Crippen LogP contribution >= 0.6 is 15.9 Å². The van der Waals surface area contributed by atoms with Crippen LogP contribution in [0, 0.1) is 5.82 Å². The number of halogens is 2. The predicted molar refractivity (Wildman–Crippen MR) is 71.4 cm³/mol. The zero-order chi connectivity index (χ0) is 13.3. The molecule has 0 aliphatic rings. The summed E-state index contributed by atoms with van der Waals surface area (Å²) in [5.41, 5.74) is 6.45. The topological polar surface area (TPSA) is 56.7 Å². The quantitative estimate of drug-likeness (QED) is 0.948. The molecule has 2 N–H and O–H groups in total. The van der Waals surface area contributed by atoms with Gasteiger partial charge in [-0.25, -0.2) is 4.39 Å². The second-order valence-electron chi connectivity index (χ2n) is 4.24. The van der Waals surface area contributed by atoms with Gasteiger partial charge < -0.3 is 10.3 Å². The van der Waals surface area contributed by atoms with Crippen LogP contribution in [0.4, 0.5) is 4.39 Å². The summed E-state index contributed by atoms with van der Waals surface area (Å²) in [7, 11) is 0. The molecule has 18 heavy (non-hydrogen) atoms. The highest BCUT2D eigenvalue weighted by Crippen LogP contribution is 2.26. The fraction of sp³-hybridized carbons (Fsp3) is 0.333. The van der Waals surface area contributed by atoms with E-state index in [1.54, 1.807) is 12.1 Å². The molecule has 0 saturated carbocycles. The van der Waals surface area contributed by atoms with Crippen molar-refractivity contribution in [1.29, 1.82) is 0 Å². The number of benzene rings is 1. The van der Waals surface area contributed by atoms with Gasteiger partial charge in [-0.2, -0.15) is 0 Å². The standard InChI is InChI=1S/C12H14BrFN4/c1-7(2)18-11(6-15)16-17-12(18)8-3-4-10(14)9(13)5-8/h3-5,7H,6,15H2,1-2H3. The van der Waals surface area contributed by atoms with Crippen LogP contribution in [0.2, 0.25) is 0 Å². The first-order chi connectivity index (χ1) is 8.54. The van der Waals surface area contributed by atoms with Crippen molar-refractivity contribution >= 4 is 15.9 Å². The Morgan fingerprint density at radius 2 is 2.11 bits per heavy atom. The summed E-state index contributed by atoms with van der Waals surface area (Å²) < 4.78 is 15.6. The average Bonchev–Trinajstić information content (AvgIpc) is 2.76. The molecule has 6 heteroatoms. The Kier molecular flexibility index (Phi) is 3.77. The summed E-state index contributed by atoms with van der Waals surface area (Å²) in [4.78, 5) is 0. The van der Waals surface area contributed by atoms with Crippen molar-refractivity contribution in [3.63, 3.8) is 0 Å². The molecule has 1 heterocycles. The molecule has 4 nitrogen and oxygen atoms in total. The van der Waals surface area contributed by atoms with Crippen LogP contribution in [-0.2, 0) is 6.54 Å². The van der Waals surface area contributed by atoms with E-state index in [0.717, 1.165) is 11.4 Å². The molecule has 0 radical (unpaired) electrons. The molecule has 0 amide bonds. The Morgan fingerprint density at radius 3 is 2.67 bits per heavy atom. The number of hydrogen-bond donors (Lipinski definition) is 1. The van der Waals surface area contributed by atoms with E-state index >= 15 is 0 Å². The lowest BCUT2D eigenvalue weighted by Crippen LogP contribution is -2.11.